The fraction of sp³-hybridized carbons (Fsp3) is 0.250. The summed E-state index contributed by atoms with van der Waals surface area (Å²) in [6.45, 7) is 3.82. The van der Waals surface area contributed by atoms with E-state index in [0.717, 1.165) is 16.9 Å². The Morgan fingerprint density at radius 2 is 2.10 bits per heavy atom. The van der Waals surface area contributed by atoms with Gasteiger partial charge in [-0.25, -0.2) is 0 Å². The molecule has 0 fully saturated rings. The Labute approximate surface area is 128 Å². The number of ether oxygens (including phenoxy) is 1. The number of methoxy groups -OCH3 is 1. The van der Waals surface area contributed by atoms with Gasteiger partial charge in [-0.2, -0.15) is 0 Å². The molecule has 0 radical (unpaired) electrons. The van der Waals surface area contributed by atoms with Crippen molar-refractivity contribution in [1.82, 2.24) is 4.98 Å². The standard InChI is InChI=1S/C16H17ClN2O2/c1-9-8-19-14(10(2)16(9)21-3)7-15(20)11-4-5-13(18)12(17)6-11/h4-6,8H,7,18H2,1-3H3. The molecule has 0 amide bonds. The molecule has 0 aliphatic rings. The number of pyridine rings is 1. The zero-order valence-corrected chi connectivity index (χ0v) is 13.0. The fourth-order valence-electron chi connectivity index (χ4n) is 2.20. The lowest BCUT2D eigenvalue weighted by Gasteiger charge is -2.12. The van der Waals surface area contributed by atoms with E-state index in [1.807, 2.05) is 13.8 Å². The molecule has 0 aliphatic heterocycles. The number of benzene rings is 1. The largest absolute Gasteiger partial charge is 0.496 e. The second kappa shape index (κ2) is 6.14. The fourth-order valence-corrected chi connectivity index (χ4v) is 2.38. The number of rotatable bonds is 4. The zero-order valence-electron chi connectivity index (χ0n) is 12.2. The van der Waals surface area contributed by atoms with Crippen molar-refractivity contribution in [3.8, 4) is 5.75 Å². The Morgan fingerprint density at radius 3 is 2.71 bits per heavy atom. The van der Waals surface area contributed by atoms with Crippen LogP contribution >= 0.6 is 11.6 Å². The van der Waals surface area contributed by atoms with E-state index in [-0.39, 0.29) is 12.2 Å². The van der Waals surface area contributed by atoms with E-state index in [9.17, 15) is 4.79 Å². The van der Waals surface area contributed by atoms with Crippen LogP contribution in [0, 0.1) is 13.8 Å². The highest BCUT2D eigenvalue weighted by atomic mass is 35.5. The molecule has 21 heavy (non-hydrogen) atoms. The van der Waals surface area contributed by atoms with Crippen LogP contribution in [0.1, 0.15) is 27.2 Å². The highest BCUT2D eigenvalue weighted by molar-refractivity contribution is 6.33. The molecule has 1 heterocycles. The minimum atomic E-state index is -0.0570. The Balaban J connectivity index is 2.29. The second-order valence-electron chi connectivity index (χ2n) is 4.88. The quantitative estimate of drug-likeness (QED) is 0.695. The molecular weight excluding hydrogens is 288 g/mol. The molecule has 0 spiro atoms. The molecule has 0 unspecified atom stereocenters. The number of aryl methyl sites for hydroxylation is 1. The van der Waals surface area contributed by atoms with Gasteiger partial charge in [0.1, 0.15) is 5.75 Å². The van der Waals surface area contributed by atoms with Crippen LogP contribution in [0.25, 0.3) is 0 Å². The number of ketones is 1. The summed E-state index contributed by atoms with van der Waals surface area (Å²) in [4.78, 5) is 16.7. The summed E-state index contributed by atoms with van der Waals surface area (Å²) in [6, 6.07) is 4.88. The van der Waals surface area contributed by atoms with Crippen LogP contribution in [0.5, 0.6) is 5.75 Å². The molecule has 0 atom stereocenters. The van der Waals surface area contributed by atoms with Gasteiger partial charge in [0.25, 0.3) is 0 Å². The van der Waals surface area contributed by atoms with Crippen molar-refractivity contribution in [2.24, 2.45) is 0 Å². The lowest BCUT2D eigenvalue weighted by Crippen LogP contribution is -2.08. The van der Waals surface area contributed by atoms with Gasteiger partial charge < -0.3 is 10.5 Å². The van der Waals surface area contributed by atoms with Crippen molar-refractivity contribution < 1.29 is 9.53 Å². The third kappa shape index (κ3) is 3.16. The first-order valence-corrected chi connectivity index (χ1v) is 6.89. The van der Waals surface area contributed by atoms with E-state index in [0.29, 0.717) is 22.0 Å². The van der Waals surface area contributed by atoms with Crippen LogP contribution in [-0.4, -0.2) is 17.9 Å². The van der Waals surface area contributed by atoms with Gasteiger partial charge in [0, 0.05) is 22.9 Å². The molecule has 0 bridgehead atoms. The van der Waals surface area contributed by atoms with Crippen molar-refractivity contribution >= 4 is 23.1 Å². The maximum atomic E-state index is 12.3. The number of carbonyl (C=O) groups is 1. The molecule has 110 valence electrons. The van der Waals surface area contributed by atoms with Crippen molar-refractivity contribution in [2.45, 2.75) is 20.3 Å². The van der Waals surface area contributed by atoms with E-state index in [2.05, 4.69) is 4.98 Å². The number of anilines is 1. The van der Waals surface area contributed by atoms with Gasteiger partial charge in [-0.3, -0.25) is 9.78 Å². The van der Waals surface area contributed by atoms with Crippen LogP contribution in [0.2, 0.25) is 5.02 Å². The van der Waals surface area contributed by atoms with Gasteiger partial charge in [-0.05, 0) is 32.0 Å². The summed E-state index contributed by atoms with van der Waals surface area (Å²) < 4.78 is 5.35. The maximum Gasteiger partial charge on any atom is 0.168 e. The summed E-state index contributed by atoms with van der Waals surface area (Å²) in [7, 11) is 1.61. The lowest BCUT2D eigenvalue weighted by atomic mass is 10.0. The normalized spacial score (nSPS) is 10.5. The third-order valence-corrected chi connectivity index (χ3v) is 3.73. The third-order valence-electron chi connectivity index (χ3n) is 3.40. The summed E-state index contributed by atoms with van der Waals surface area (Å²) in [5.74, 6) is 0.710. The molecule has 0 aliphatic carbocycles. The zero-order chi connectivity index (χ0) is 15.6. The Morgan fingerprint density at radius 1 is 1.38 bits per heavy atom. The molecule has 0 saturated carbocycles. The molecule has 2 aromatic rings. The number of Topliss-reactive ketones (excluding diaryl/α,β-unsaturated/α-hetero) is 1. The molecule has 1 aromatic carbocycles. The average molecular weight is 305 g/mol. The van der Waals surface area contributed by atoms with Crippen LogP contribution < -0.4 is 10.5 Å². The summed E-state index contributed by atoms with van der Waals surface area (Å²) in [5.41, 5.74) is 9.16. The Hall–Kier alpha value is -2.07. The predicted octanol–water partition coefficient (Wildman–Crippen LogP) is 3.37. The van der Waals surface area contributed by atoms with Gasteiger partial charge >= 0.3 is 0 Å². The number of halogens is 1. The molecule has 0 saturated heterocycles. The first kappa shape index (κ1) is 15.3. The van der Waals surface area contributed by atoms with Crippen LogP contribution in [0.15, 0.2) is 24.4 Å². The van der Waals surface area contributed by atoms with Crippen molar-refractivity contribution in [2.75, 3.05) is 12.8 Å². The number of nitrogen functional groups attached to an aromatic ring is 1. The van der Waals surface area contributed by atoms with Gasteiger partial charge in [0.15, 0.2) is 5.78 Å². The van der Waals surface area contributed by atoms with Crippen LogP contribution in [0.3, 0.4) is 0 Å². The summed E-state index contributed by atoms with van der Waals surface area (Å²) in [5, 5.41) is 0.381. The number of nitrogens with two attached hydrogens (primary N) is 1. The van der Waals surface area contributed by atoms with E-state index in [1.165, 1.54) is 0 Å². The average Bonchev–Trinajstić information content (AvgIpc) is 2.45. The number of carbonyl (C=O) groups excluding carboxylic acids is 1. The van der Waals surface area contributed by atoms with Gasteiger partial charge in [-0.1, -0.05) is 11.6 Å². The van der Waals surface area contributed by atoms with Crippen LogP contribution in [-0.2, 0) is 6.42 Å². The summed E-state index contributed by atoms with van der Waals surface area (Å²) >= 11 is 5.95. The second-order valence-corrected chi connectivity index (χ2v) is 5.29. The minimum Gasteiger partial charge on any atom is -0.496 e. The summed E-state index contributed by atoms with van der Waals surface area (Å²) in [6.07, 6.45) is 1.91. The van der Waals surface area contributed by atoms with Crippen molar-refractivity contribution in [3.05, 3.63) is 51.8 Å². The van der Waals surface area contributed by atoms with Gasteiger partial charge in [-0.15, -0.1) is 0 Å². The Bertz CT molecular complexity index is 699. The monoisotopic (exact) mass is 304 g/mol. The smallest absolute Gasteiger partial charge is 0.168 e. The van der Waals surface area contributed by atoms with Crippen LogP contribution in [0.4, 0.5) is 5.69 Å². The van der Waals surface area contributed by atoms with Gasteiger partial charge in [0.05, 0.1) is 29.9 Å². The minimum absolute atomic E-state index is 0.0570. The predicted molar refractivity (Wildman–Crippen MR) is 84.2 cm³/mol. The first-order valence-electron chi connectivity index (χ1n) is 6.51. The van der Waals surface area contributed by atoms with E-state index < -0.39 is 0 Å². The molecule has 5 heteroatoms. The molecule has 2 rings (SSSR count). The SMILES string of the molecule is COc1c(C)cnc(CC(=O)c2ccc(N)c(Cl)c2)c1C. The number of nitrogens with zero attached hydrogens (tertiary/aromatic N) is 1. The lowest BCUT2D eigenvalue weighted by molar-refractivity contribution is 0.0991. The molecular formula is C16H17ClN2O2. The van der Waals surface area contributed by atoms with Crippen molar-refractivity contribution in [3.63, 3.8) is 0 Å². The highest BCUT2D eigenvalue weighted by Gasteiger charge is 2.15. The van der Waals surface area contributed by atoms with Gasteiger partial charge in [0.2, 0.25) is 0 Å². The van der Waals surface area contributed by atoms with E-state index >= 15 is 0 Å². The highest BCUT2D eigenvalue weighted by Crippen LogP contribution is 2.25. The molecule has 4 nitrogen and oxygen atoms in total. The first-order chi connectivity index (χ1) is 9.93. The number of hydrogen-bond acceptors (Lipinski definition) is 4. The number of aromatic nitrogens is 1. The van der Waals surface area contributed by atoms with Crippen molar-refractivity contribution in [1.29, 1.82) is 0 Å². The van der Waals surface area contributed by atoms with E-state index in [4.69, 9.17) is 22.1 Å². The topological polar surface area (TPSA) is 65.2 Å². The molecule has 1 aromatic heterocycles. The van der Waals surface area contributed by atoms with E-state index in [1.54, 1.807) is 31.5 Å². The molecule has 2 N–H and O–H groups in total. The number of hydrogen-bond donors (Lipinski definition) is 1. The maximum absolute atomic E-state index is 12.3. The Kier molecular flexibility index (Phi) is 4.48.